The fourth-order valence-electron chi connectivity index (χ4n) is 2.37. The molecule has 2 nitrogen and oxygen atoms in total. The Balaban J connectivity index is 2.10. The highest BCUT2D eigenvalue weighted by Crippen LogP contribution is 2.29. The highest BCUT2D eigenvalue weighted by Gasteiger charge is 2.23. The van der Waals surface area contributed by atoms with Crippen LogP contribution >= 0.6 is 0 Å². The van der Waals surface area contributed by atoms with Gasteiger partial charge in [0.1, 0.15) is 5.75 Å². The number of aryl methyl sites for hydroxylation is 1. The van der Waals surface area contributed by atoms with Crippen molar-refractivity contribution in [2.75, 3.05) is 5.32 Å². The molecule has 1 aromatic rings. The summed E-state index contributed by atoms with van der Waals surface area (Å²) in [7, 11) is 0. The second-order valence-electron chi connectivity index (χ2n) is 4.66. The molecule has 0 radical (unpaired) electrons. The van der Waals surface area contributed by atoms with Crippen molar-refractivity contribution in [3.05, 3.63) is 23.8 Å². The van der Waals surface area contributed by atoms with Gasteiger partial charge >= 0.3 is 0 Å². The zero-order valence-corrected chi connectivity index (χ0v) is 9.46. The van der Waals surface area contributed by atoms with E-state index in [1.165, 1.54) is 19.3 Å². The summed E-state index contributed by atoms with van der Waals surface area (Å²) >= 11 is 0. The van der Waals surface area contributed by atoms with E-state index >= 15 is 0 Å². The molecule has 82 valence electrons. The van der Waals surface area contributed by atoms with Gasteiger partial charge < -0.3 is 10.4 Å². The van der Waals surface area contributed by atoms with Crippen LogP contribution in [-0.4, -0.2) is 11.1 Å². The van der Waals surface area contributed by atoms with Gasteiger partial charge in [-0.1, -0.05) is 13.3 Å². The SMILES string of the molecule is Cc1cc(O)ccc1NC1CCCC1C. The summed E-state index contributed by atoms with van der Waals surface area (Å²) in [6, 6.07) is 6.13. The van der Waals surface area contributed by atoms with Gasteiger partial charge in [0, 0.05) is 11.7 Å². The molecule has 2 unspecified atom stereocenters. The molecule has 0 amide bonds. The van der Waals surface area contributed by atoms with Crippen molar-refractivity contribution in [1.82, 2.24) is 0 Å². The lowest BCUT2D eigenvalue weighted by Crippen LogP contribution is -2.22. The normalized spacial score (nSPS) is 25.5. The molecule has 2 atom stereocenters. The molecule has 1 fully saturated rings. The van der Waals surface area contributed by atoms with Crippen molar-refractivity contribution in [2.24, 2.45) is 5.92 Å². The molecule has 0 aromatic heterocycles. The number of hydrogen-bond donors (Lipinski definition) is 2. The van der Waals surface area contributed by atoms with Crippen LogP contribution in [-0.2, 0) is 0 Å². The van der Waals surface area contributed by atoms with E-state index in [1.54, 1.807) is 6.07 Å². The third-order valence-corrected chi connectivity index (χ3v) is 3.41. The molecular formula is C13H19NO. The Bertz CT molecular complexity index is 348. The van der Waals surface area contributed by atoms with E-state index < -0.39 is 0 Å². The lowest BCUT2D eigenvalue weighted by molar-refractivity contribution is 0.475. The average Bonchev–Trinajstić information content (AvgIpc) is 2.57. The molecule has 2 heteroatoms. The molecule has 0 saturated heterocycles. The predicted molar refractivity (Wildman–Crippen MR) is 63.3 cm³/mol. The molecule has 2 rings (SSSR count). The average molecular weight is 205 g/mol. The Morgan fingerprint density at radius 3 is 2.73 bits per heavy atom. The molecule has 0 aliphatic heterocycles. The molecule has 1 aliphatic rings. The summed E-state index contributed by atoms with van der Waals surface area (Å²) in [4.78, 5) is 0. The maximum Gasteiger partial charge on any atom is 0.115 e. The maximum absolute atomic E-state index is 9.32. The van der Waals surface area contributed by atoms with E-state index in [-0.39, 0.29) is 0 Å². The Morgan fingerprint density at radius 2 is 2.13 bits per heavy atom. The molecular weight excluding hydrogens is 186 g/mol. The highest BCUT2D eigenvalue weighted by molar-refractivity contribution is 5.54. The highest BCUT2D eigenvalue weighted by atomic mass is 16.3. The van der Waals surface area contributed by atoms with Gasteiger partial charge in [-0.15, -0.1) is 0 Å². The molecule has 0 spiro atoms. The Kier molecular flexibility index (Phi) is 2.85. The zero-order chi connectivity index (χ0) is 10.8. The largest absolute Gasteiger partial charge is 0.508 e. The number of hydrogen-bond acceptors (Lipinski definition) is 2. The van der Waals surface area contributed by atoms with Gasteiger partial charge in [0.15, 0.2) is 0 Å². The van der Waals surface area contributed by atoms with Gasteiger partial charge in [0.25, 0.3) is 0 Å². The lowest BCUT2D eigenvalue weighted by atomic mass is 10.1. The van der Waals surface area contributed by atoms with Crippen LogP contribution in [0.25, 0.3) is 0 Å². The van der Waals surface area contributed by atoms with Gasteiger partial charge in [0.2, 0.25) is 0 Å². The summed E-state index contributed by atoms with van der Waals surface area (Å²) < 4.78 is 0. The van der Waals surface area contributed by atoms with Crippen LogP contribution in [0.15, 0.2) is 18.2 Å². The first kappa shape index (κ1) is 10.3. The number of benzene rings is 1. The van der Waals surface area contributed by atoms with E-state index in [9.17, 15) is 5.11 Å². The molecule has 1 saturated carbocycles. The third-order valence-electron chi connectivity index (χ3n) is 3.41. The fraction of sp³-hybridized carbons (Fsp3) is 0.538. The van der Waals surface area contributed by atoms with E-state index in [4.69, 9.17) is 0 Å². The second-order valence-corrected chi connectivity index (χ2v) is 4.66. The van der Waals surface area contributed by atoms with Gasteiger partial charge in [-0.05, 0) is 49.4 Å². The van der Waals surface area contributed by atoms with Crippen LogP contribution in [0.3, 0.4) is 0 Å². The van der Waals surface area contributed by atoms with Gasteiger partial charge in [0.05, 0.1) is 0 Å². The standard InChI is InChI=1S/C13H19NO/c1-9-4-3-5-12(9)14-13-7-6-11(15)8-10(13)2/h6-9,12,14-15H,3-5H2,1-2H3. The van der Waals surface area contributed by atoms with Crippen molar-refractivity contribution in [3.63, 3.8) is 0 Å². The van der Waals surface area contributed by atoms with Crippen molar-refractivity contribution in [2.45, 2.75) is 39.2 Å². The number of phenolic OH excluding ortho intramolecular Hbond substituents is 1. The molecule has 2 N–H and O–H groups in total. The van der Waals surface area contributed by atoms with Gasteiger partial charge in [-0.3, -0.25) is 0 Å². The smallest absolute Gasteiger partial charge is 0.115 e. The molecule has 1 aromatic carbocycles. The number of anilines is 1. The minimum atomic E-state index is 0.345. The number of phenols is 1. The summed E-state index contributed by atoms with van der Waals surface area (Å²) in [5.41, 5.74) is 2.28. The third kappa shape index (κ3) is 2.25. The Morgan fingerprint density at radius 1 is 1.33 bits per heavy atom. The first-order chi connectivity index (χ1) is 7.16. The van der Waals surface area contributed by atoms with Crippen molar-refractivity contribution < 1.29 is 5.11 Å². The fourth-order valence-corrected chi connectivity index (χ4v) is 2.37. The first-order valence-corrected chi connectivity index (χ1v) is 5.73. The molecule has 15 heavy (non-hydrogen) atoms. The molecule has 0 bridgehead atoms. The van der Waals surface area contributed by atoms with Crippen molar-refractivity contribution >= 4 is 5.69 Å². The summed E-state index contributed by atoms with van der Waals surface area (Å²) in [5.74, 6) is 1.11. The molecule has 0 heterocycles. The van der Waals surface area contributed by atoms with Crippen LogP contribution in [0.1, 0.15) is 31.7 Å². The van der Waals surface area contributed by atoms with Crippen LogP contribution in [0.2, 0.25) is 0 Å². The van der Waals surface area contributed by atoms with Gasteiger partial charge in [-0.2, -0.15) is 0 Å². The minimum Gasteiger partial charge on any atom is -0.508 e. The van der Waals surface area contributed by atoms with E-state index in [0.717, 1.165) is 17.2 Å². The van der Waals surface area contributed by atoms with E-state index in [1.807, 2.05) is 19.1 Å². The number of nitrogens with one attached hydrogen (secondary N) is 1. The van der Waals surface area contributed by atoms with Crippen LogP contribution < -0.4 is 5.32 Å². The Labute approximate surface area is 91.3 Å². The minimum absolute atomic E-state index is 0.345. The van der Waals surface area contributed by atoms with Gasteiger partial charge in [-0.25, -0.2) is 0 Å². The summed E-state index contributed by atoms with van der Waals surface area (Å²) in [6.07, 6.45) is 3.92. The monoisotopic (exact) mass is 205 g/mol. The quantitative estimate of drug-likeness (QED) is 0.726. The number of rotatable bonds is 2. The maximum atomic E-state index is 9.32. The lowest BCUT2D eigenvalue weighted by Gasteiger charge is -2.20. The predicted octanol–water partition coefficient (Wildman–Crippen LogP) is 3.30. The topological polar surface area (TPSA) is 32.3 Å². The van der Waals surface area contributed by atoms with E-state index in [0.29, 0.717) is 11.8 Å². The van der Waals surface area contributed by atoms with Crippen LogP contribution in [0, 0.1) is 12.8 Å². The molecule has 1 aliphatic carbocycles. The van der Waals surface area contributed by atoms with Crippen LogP contribution in [0.5, 0.6) is 5.75 Å². The van der Waals surface area contributed by atoms with Crippen molar-refractivity contribution in [1.29, 1.82) is 0 Å². The van der Waals surface area contributed by atoms with Crippen LogP contribution in [0.4, 0.5) is 5.69 Å². The summed E-state index contributed by atoms with van der Waals surface area (Å²) in [6.45, 7) is 4.34. The Hall–Kier alpha value is -1.18. The van der Waals surface area contributed by atoms with E-state index in [2.05, 4.69) is 12.2 Å². The summed E-state index contributed by atoms with van der Waals surface area (Å²) in [5, 5.41) is 12.9. The first-order valence-electron chi connectivity index (χ1n) is 5.73. The van der Waals surface area contributed by atoms with Crippen molar-refractivity contribution in [3.8, 4) is 5.75 Å². The number of aromatic hydroxyl groups is 1. The zero-order valence-electron chi connectivity index (χ0n) is 9.46. The second kappa shape index (κ2) is 4.13.